The van der Waals surface area contributed by atoms with Crippen LogP contribution in [0, 0.1) is 0 Å². The Morgan fingerprint density at radius 2 is 1.82 bits per heavy atom. The van der Waals surface area contributed by atoms with E-state index >= 15 is 0 Å². The van der Waals surface area contributed by atoms with Crippen molar-refractivity contribution in [3.63, 3.8) is 0 Å². The number of hydrogen-bond donors (Lipinski definition) is 2. The molecule has 0 radical (unpaired) electrons. The second-order valence-corrected chi connectivity index (χ2v) is 8.39. The molecule has 0 heterocycles. The molecule has 0 saturated heterocycles. The molecule has 0 bridgehead atoms. The summed E-state index contributed by atoms with van der Waals surface area (Å²) in [7, 11) is -3.66. The first-order valence-corrected chi connectivity index (χ1v) is 10.0. The summed E-state index contributed by atoms with van der Waals surface area (Å²) >= 11 is 1.74. The van der Waals surface area contributed by atoms with Crippen LogP contribution in [-0.4, -0.2) is 25.3 Å². The Balaban J connectivity index is 1.73. The van der Waals surface area contributed by atoms with Gasteiger partial charge in [0.2, 0.25) is 15.9 Å². The van der Waals surface area contributed by atoms with Crippen LogP contribution >= 0.6 is 11.8 Å². The lowest BCUT2D eigenvalue weighted by atomic mass is 10.0. The van der Waals surface area contributed by atoms with Gasteiger partial charge in [0.05, 0.1) is 10.6 Å². The molecule has 3 N–H and O–H groups in total. The van der Waals surface area contributed by atoms with Crippen LogP contribution in [0.15, 0.2) is 29.2 Å². The summed E-state index contributed by atoms with van der Waals surface area (Å²) in [5.41, 5.74) is 0.850. The molecule has 5 nitrogen and oxygen atoms in total. The number of nitrogens with one attached hydrogen (secondary N) is 1. The number of carbonyl (C=O) groups excluding carboxylic acids is 1. The van der Waals surface area contributed by atoms with Gasteiger partial charge < -0.3 is 5.32 Å². The third-order valence-corrected chi connectivity index (χ3v) is 6.04. The highest BCUT2D eigenvalue weighted by atomic mass is 32.2. The lowest BCUT2D eigenvalue weighted by Crippen LogP contribution is -2.26. The maximum absolute atomic E-state index is 11.8. The number of carbonyl (C=O) groups is 1. The summed E-state index contributed by atoms with van der Waals surface area (Å²) in [6.07, 6.45) is 6.29. The van der Waals surface area contributed by atoms with Crippen LogP contribution in [0.25, 0.3) is 0 Å². The van der Waals surface area contributed by atoms with Crippen molar-refractivity contribution in [1.82, 2.24) is 5.32 Å². The molecule has 1 aromatic rings. The van der Waals surface area contributed by atoms with Crippen LogP contribution in [0.3, 0.4) is 0 Å². The number of nitrogens with two attached hydrogens (primary N) is 1. The Bertz CT molecular complexity index is 594. The van der Waals surface area contributed by atoms with Crippen molar-refractivity contribution < 1.29 is 13.2 Å². The summed E-state index contributed by atoms with van der Waals surface area (Å²) in [6, 6.07) is 6.23. The van der Waals surface area contributed by atoms with E-state index < -0.39 is 10.0 Å². The lowest BCUT2D eigenvalue weighted by molar-refractivity contribution is -0.118. The second kappa shape index (κ2) is 7.99. The number of benzene rings is 1. The normalized spacial score (nSPS) is 16.4. The van der Waals surface area contributed by atoms with Crippen LogP contribution in [0.4, 0.5) is 0 Å². The van der Waals surface area contributed by atoms with Crippen molar-refractivity contribution in [3.05, 3.63) is 29.8 Å². The Labute approximate surface area is 136 Å². The molecular weight excluding hydrogens is 320 g/mol. The van der Waals surface area contributed by atoms with E-state index in [0.29, 0.717) is 17.5 Å². The minimum atomic E-state index is -3.66. The first-order chi connectivity index (χ1) is 10.4. The van der Waals surface area contributed by atoms with E-state index in [1.165, 1.54) is 44.2 Å². The molecule has 0 atom stereocenters. The minimum absolute atomic E-state index is 0.0195. The standard InChI is InChI=1S/C15H22N2O3S2/c16-22(19,20)14-8-6-12(7-9-14)10-17-15(18)11-21-13-4-2-1-3-5-13/h6-9,13H,1-5,10-11H2,(H,17,18)(H2,16,19,20). The topological polar surface area (TPSA) is 89.3 Å². The highest BCUT2D eigenvalue weighted by molar-refractivity contribution is 8.00. The predicted octanol–water partition coefficient (Wildman–Crippen LogP) is 2.02. The van der Waals surface area contributed by atoms with Crippen molar-refractivity contribution in [2.45, 2.75) is 48.8 Å². The van der Waals surface area contributed by atoms with Crippen molar-refractivity contribution >= 4 is 27.7 Å². The number of primary sulfonamides is 1. The summed E-state index contributed by atoms with van der Waals surface area (Å²) in [5, 5.41) is 8.51. The van der Waals surface area contributed by atoms with Crippen LogP contribution in [0.5, 0.6) is 0 Å². The smallest absolute Gasteiger partial charge is 0.238 e. The van der Waals surface area contributed by atoms with Gasteiger partial charge in [0.25, 0.3) is 0 Å². The van der Waals surface area contributed by atoms with Crippen molar-refractivity contribution in [3.8, 4) is 0 Å². The maximum Gasteiger partial charge on any atom is 0.238 e. The minimum Gasteiger partial charge on any atom is -0.351 e. The summed E-state index contributed by atoms with van der Waals surface area (Å²) < 4.78 is 22.3. The molecule has 122 valence electrons. The zero-order valence-electron chi connectivity index (χ0n) is 12.5. The summed E-state index contributed by atoms with van der Waals surface area (Å²) in [6.45, 7) is 0.398. The van der Waals surface area contributed by atoms with Gasteiger partial charge in [0.1, 0.15) is 0 Å². The maximum atomic E-state index is 11.8. The Morgan fingerprint density at radius 3 is 2.41 bits per heavy atom. The zero-order chi connectivity index (χ0) is 16.0. The predicted molar refractivity (Wildman–Crippen MR) is 89.0 cm³/mol. The van der Waals surface area contributed by atoms with E-state index in [1.54, 1.807) is 23.9 Å². The van der Waals surface area contributed by atoms with Crippen molar-refractivity contribution in [2.24, 2.45) is 5.14 Å². The third kappa shape index (κ3) is 5.62. The largest absolute Gasteiger partial charge is 0.351 e. The molecule has 22 heavy (non-hydrogen) atoms. The van der Waals surface area contributed by atoms with Gasteiger partial charge in [-0.1, -0.05) is 31.4 Å². The fourth-order valence-electron chi connectivity index (χ4n) is 2.47. The number of amides is 1. The van der Waals surface area contributed by atoms with E-state index in [-0.39, 0.29) is 10.8 Å². The Kier molecular flexibility index (Phi) is 6.28. The lowest BCUT2D eigenvalue weighted by Gasteiger charge is -2.20. The van der Waals surface area contributed by atoms with Gasteiger partial charge in [-0.15, -0.1) is 11.8 Å². The molecule has 0 unspecified atom stereocenters. The number of sulfonamides is 1. The molecule has 0 aromatic heterocycles. The molecule has 2 rings (SSSR count). The molecule has 7 heteroatoms. The highest BCUT2D eigenvalue weighted by Crippen LogP contribution is 2.27. The average Bonchev–Trinajstić information content (AvgIpc) is 2.51. The van der Waals surface area contributed by atoms with E-state index in [1.807, 2.05) is 0 Å². The van der Waals surface area contributed by atoms with E-state index in [0.717, 1.165) is 5.56 Å². The SMILES string of the molecule is NS(=O)(=O)c1ccc(CNC(=O)CSC2CCCCC2)cc1. The van der Waals surface area contributed by atoms with Gasteiger partial charge in [-0.3, -0.25) is 4.79 Å². The molecule has 1 aliphatic rings. The van der Waals surface area contributed by atoms with Crippen molar-refractivity contribution in [2.75, 3.05) is 5.75 Å². The molecule has 1 amide bonds. The first-order valence-electron chi connectivity index (χ1n) is 7.45. The summed E-state index contributed by atoms with van der Waals surface area (Å²) in [4.78, 5) is 11.9. The molecule has 0 spiro atoms. The number of thioether (sulfide) groups is 1. The van der Waals surface area contributed by atoms with Gasteiger partial charge >= 0.3 is 0 Å². The monoisotopic (exact) mass is 342 g/mol. The van der Waals surface area contributed by atoms with E-state index in [2.05, 4.69) is 5.32 Å². The van der Waals surface area contributed by atoms with Crippen LogP contribution in [-0.2, 0) is 21.4 Å². The van der Waals surface area contributed by atoms with Gasteiger partial charge in [-0.25, -0.2) is 13.6 Å². The number of rotatable bonds is 6. The molecular formula is C15H22N2O3S2. The van der Waals surface area contributed by atoms with Crippen molar-refractivity contribution in [1.29, 1.82) is 0 Å². The van der Waals surface area contributed by atoms with Crippen LogP contribution in [0.1, 0.15) is 37.7 Å². The van der Waals surface area contributed by atoms with Gasteiger partial charge in [0, 0.05) is 11.8 Å². The fraction of sp³-hybridized carbons (Fsp3) is 0.533. The average molecular weight is 342 g/mol. The molecule has 0 aliphatic heterocycles. The van der Waals surface area contributed by atoms with E-state index in [4.69, 9.17) is 5.14 Å². The Morgan fingerprint density at radius 1 is 1.18 bits per heavy atom. The van der Waals surface area contributed by atoms with Gasteiger partial charge in [-0.2, -0.15) is 0 Å². The highest BCUT2D eigenvalue weighted by Gasteiger charge is 2.15. The van der Waals surface area contributed by atoms with Gasteiger partial charge in [0.15, 0.2) is 0 Å². The fourth-order valence-corrected chi connectivity index (χ4v) is 4.15. The molecule has 1 saturated carbocycles. The second-order valence-electron chi connectivity index (χ2n) is 5.54. The summed E-state index contributed by atoms with van der Waals surface area (Å²) in [5.74, 6) is 0.506. The van der Waals surface area contributed by atoms with Crippen LogP contribution < -0.4 is 10.5 Å². The third-order valence-electron chi connectivity index (χ3n) is 3.74. The molecule has 1 fully saturated rings. The number of hydrogen-bond acceptors (Lipinski definition) is 4. The Hall–Kier alpha value is -1.05. The zero-order valence-corrected chi connectivity index (χ0v) is 14.1. The quantitative estimate of drug-likeness (QED) is 0.827. The van der Waals surface area contributed by atoms with Gasteiger partial charge in [-0.05, 0) is 30.5 Å². The first kappa shape index (κ1) is 17.3. The molecule has 1 aromatic carbocycles. The van der Waals surface area contributed by atoms with Crippen LogP contribution in [0.2, 0.25) is 0 Å². The van der Waals surface area contributed by atoms with E-state index in [9.17, 15) is 13.2 Å². The molecule has 1 aliphatic carbocycles.